The number of para-hydroxylation sites is 1. The van der Waals surface area contributed by atoms with E-state index < -0.39 is 12.0 Å². The second-order valence-electron chi connectivity index (χ2n) is 4.59. The molecule has 0 bridgehead atoms. The minimum Gasteiger partial charge on any atom is -0.480 e. The van der Waals surface area contributed by atoms with Gasteiger partial charge in [0.15, 0.2) is 0 Å². The molecule has 0 amide bonds. The summed E-state index contributed by atoms with van der Waals surface area (Å²) in [5.74, 6) is -0.834. The molecule has 2 N–H and O–H groups in total. The number of aliphatic carboxylic acids is 1. The van der Waals surface area contributed by atoms with Crippen LogP contribution in [0.15, 0.2) is 34.9 Å². The summed E-state index contributed by atoms with van der Waals surface area (Å²) in [6, 6.07) is 7.39. The minimum absolute atomic E-state index is 0.0807. The van der Waals surface area contributed by atoms with Crippen LogP contribution in [0.1, 0.15) is 19.4 Å². The number of hydrogen-bond donors (Lipinski definition) is 2. The molecule has 0 spiro atoms. The van der Waals surface area contributed by atoms with Crippen LogP contribution in [0.25, 0.3) is 11.0 Å². The molecule has 1 unspecified atom stereocenters. The monoisotopic (exact) mass is 247 g/mol. The molecule has 4 nitrogen and oxygen atoms in total. The van der Waals surface area contributed by atoms with Crippen molar-refractivity contribution in [2.45, 2.75) is 32.4 Å². The van der Waals surface area contributed by atoms with Gasteiger partial charge in [0.2, 0.25) is 0 Å². The number of benzene rings is 1. The van der Waals surface area contributed by atoms with Gasteiger partial charge in [-0.15, -0.1) is 0 Å². The third-order valence-corrected chi connectivity index (χ3v) is 2.99. The molecule has 0 aliphatic carbocycles. The highest BCUT2D eigenvalue weighted by Crippen LogP contribution is 2.21. The highest BCUT2D eigenvalue weighted by Gasteiger charge is 2.15. The van der Waals surface area contributed by atoms with Crippen LogP contribution >= 0.6 is 0 Å². The van der Waals surface area contributed by atoms with Gasteiger partial charge < -0.3 is 14.8 Å². The van der Waals surface area contributed by atoms with Gasteiger partial charge in [-0.25, -0.2) is 0 Å². The zero-order valence-electron chi connectivity index (χ0n) is 10.5. The number of rotatable bonds is 5. The molecule has 2 atom stereocenters. The van der Waals surface area contributed by atoms with Crippen LogP contribution in [0.3, 0.4) is 0 Å². The fourth-order valence-corrected chi connectivity index (χ4v) is 2.08. The van der Waals surface area contributed by atoms with E-state index in [1.165, 1.54) is 0 Å². The number of carbonyl (C=O) groups is 1. The number of furan rings is 1. The highest BCUT2D eigenvalue weighted by molar-refractivity contribution is 5.80. The van der Waals surface area contributed by atoms with Gasteiger partial charge >= 0.3 is 5.97 Å². The zero-order chi connectivity index (χ0) is 13.1. The van der Waals surface area contributed by atoms with Crippen molar-refractivity contribution in [3.05, 3.63) is 36.1 Å². The van der Waals surface area contributed by atoms with E-state index in [0.717, 1.165) is 23.0 Å². The fourth-order valence-electron chi connectivity index (χ4n) is 2.08. The summed E-state index contributed by atoms with van der Waals surface area (Å²) in [7, 11) is 0. The number of fused-ring (bicyclic) bond motifs is 1. The van der Waals surface area contributed by atoms with Crippen molar-refractivity contribution in [3.63, 3.8) is 0 Å². The highest BCUT2D eigenvalue weighted by atomic mass is 16.4. The lowest BCUT2D eigenvalue weighted by molar-refractivity contribution is -0.139. The number of carboxylic acid groups (broad SMARTS) is 1. The quantitative estimate of drug-likeness (QED) is 0.851. The molecule has 0 saturated carbocycles. The SMILES string of the molecule is CC(Cc1coc2ccccc12)N[C@@H](C)C(=O)O. The first kappa shape index (κ1) is 12.6. The predicted molar refractivity (Wildman–Crippen MR) is 69.6 cm³/mol. The van der Waals surface area contributed by atoms with Crippen LogP contribution in [-0.2, 0) is 11.2 Å². The van der Waals surface area contributed by atoms with E-state index in [4.69, 9.17) is 9.52 Å². The molecule has 4 heteroatoms. The van der Waals surface area contributed by atoms with Crippen molar-refractivity contribution >= 4 is 16.9 Å². The summed E-state index contributed by atoms with van der Waals surface area (Å²) in [5.41, 5.74) is 1.97. The molecule has 0 aliphatic rings. The van der Waals surface area contributed by atoms with Crippen molar-refractivity contribution in [1.29, 1.82) is 0 Å². The Morgan fingerprint density at radius 2 is 2.11 bits per heavy atom. The lowest BCUT2D eigenvalue weighted by atomic mass is 10.1. The molecule has 96 valence electrons. The second kappa shape index (κ2) is 5.23. The van der Waals surface area contributed by atoms with Gasteiger partial charge in [-0.1, -0.05) is 18.2 Å². The fraction of sp³-hybridized carbons (Fsp3) is 0.357. The zero-order valence-corrected chi connectivity index (χ0v) is 10.5. The van der Waals surface area contributed by atoms with E-state index >= 15 is 0 Å². The van der Waals surface area contributed by atoms with Crippen molar-refractivity contribution in [2.24, 2.45) is 0 Å². The Labute approximate surface area is 106 Å². The van der Waals surface area contributed by atoms with Crippen LogP contribution in [0, 0.1) is 0 Å². The molecule has 1 heterocycles. The van der Waals surface area contributed by atoms with Gasteiger partial charge in [0.25, 0.3) is 0 Å². The lowest BCUT2D eigenvalue weighted by Crippen LogP contribution is -2.40. The minimum atomic E-state index is -0.834. The van der Waals surface area contributed by atoms with Gasteiger partial charge in [-0.05, 0) is 31.9 Å². The Morgan fingerprint density at radius 1 is 1.39 bits per heavy atom. The van der Waals surface area contributed by atoms with E-state index in [9.17, 15) is 4.79 Å². The Balaban J connectivity index is 2.07. The van der Waals surface area contributed by atoms with Crippen molar-refractivity contribution < 1.29 is 14.3 Å². The van der Waals surface area contributed by atoms with Crippen LogP contribution in [0.2, 0.25) is 0 Å². The van der Waals surface area contributed by atoms with Crippen molar-refractivity contribution in [1.82, 2.24) is 5.32 Å². The van der Waals surface area contributed by atoms with E-state index in [1.54, 1.807) is 13.2 Å². The molecular weight excluding hydrogens is 230 g/mol. The summed E-state index contributed by atoms with van der Waals surface area (Å²) in [4.78, 5) is 10.8. The third kappa shape index (κ3) is 2.71. The molecule has 18 heavy (non-hydrogen) atoms. The van der Waals surface area contributed by atoms with Gasteiger partial charge in [-0.3, -0.25) is 4.79 Å². The first-order valence-corrected chi connectivity index (χ1v) is 6.02. The largest absolute Gasteiger partial charge is 0.480 e. The molecule has 1 aromatic heterocycles. The average molecular weight is 247 g/mol. The summed E-state index contributed by atoms with van der Waals surface area (Å²) < 4.78 is 5.46. The molecule has 1 aromatic carbocycles. The maximum Gasteiger partial charge on any atom is 0.320 e. The topological polar surface area (TPSA) is 62.5 Å². The average Bonchev–Trinajstić information content (AvgIpc) is 2.72. The van der Waals surface area contributed by atoms with Crippen molar-refractivity contribution in [3.8, 4) is 0 Å². The lowest BCUT2D eigenvalue weighted by Gasteiger charge is -2.16. The third-order valence-electron chi connectivity index (χ3n) is 2.99. The van der Waals surface area contributed by atoms with Crippen LogP contribution < -0.4 is 5.32 Å². The second-order valence-corrected chi connectivity index (χ2v) is 4.59. The predicted octanol–water partition coefficient (Wildman–Crippen LogP) is 2.43. The summed E-state index contributed by atoms with van der Waals surface area (Å²) in [6.45, 7) is 3.62. The van der Waals surface area contributed by atoms with Gasteiger partial charge in [0.1, 0.15) is 11.6 Å². The Hall–Kier alpha value is -1.81. The maximum absolute atomic E-state index is 10.8. The van der Waals surface area contributed by atoms with Crippen LogP contribution in [0.4, 0.5) is 0 Å². The van der Waals surface area contributed by atoms with Crippen molar-refractivity contribution in [2.75, 3.05) is 0 Å². The molecule has 0 aliphatic heterocycles. The Kier molecular flexibility index (Phi) is 3.67. The molecule has 0 radical (unpaired) electrons. The summed E-state index contributed by atoms with van der Waals surface area (Å²) >= 11 is 0. The van der Waals surface area contributed by atoms with Crippen LogP contribution in [-0.4, -0.2) is 23.2 Å². The van der Waals surface area contributed by atoms with E-state index in [-0.39, 0.29) is 6.04 Å². The molecule has 0 saturated heterocycles. The first-order valence-electron chi connectivity index (χ1n) is 6.02. The normalized spacial score (nSPS) is 14.6. The molecule has 2 rings (SSSR count). The molecular formula is C14H17NO3. The number of hydrogen-bond acceptors (Lipinski definition) is 3. The smallest absolute Gasteiger partial charge is 0.320 e. The number of nitrogens with one attached hydrogen (secondary N) is 1. The van der Waals surface area contributed by atoms with E-state index in [1.807, 2.05) is 31.2 Å². The van der Waals surface area contributed by atoms with Gasteiger partial charge in [0, 0.05) is 11.4 Å². The van der Waals surface area contributed by atoms with Gasteiger partial charge in [0.05, 0.1) is 6.26 Å². The summed E-state index contributed by atoms with van der Waals surface area (Å²) in [5, 5.41) is 13.0. The standard InChI is InChI=1S/C14H17NO3/c1-9(15-10(2)14(16)17)7-11-8-18-13-6-4-3-5-12(11)13/h3-6,8-10,15H,7H2,1-2H3,(H,16,17)/t9?,10-/m0/s1. The maximum atomic E-state index is 10.8. The molecule has 0 fully saturated rings. The summed E-state index contributed by atoms with van der Waals surface area (Å²) in [6.07, 6.45) is 2.49. The Morgan fingerprint density at radius 3 is 2.83 bits per heavy atom. The Bertz CT molecular complexity index is 547. The number of carboxylic acids is 1. The first-order chi connectivity index (χ1) is 8.58. The van der Waals surface area contributed by atoms with Crippen LogP contribution in [0.5, 0.6) is 0 Å². The van der Waals surface area contributed by atoms with E-state index in [2.05, 4.69) is 5.32 Å². The van der Waals surface area contributed by atoms with E-state index in [0.29, 0.717) is 0 Å². The molecule has 2 aromatic rings. The van der Waals surface area contributed by atoms with Gasteiger partial charge in [-0.2, -0.15) is 0 Å².